The summed E-state index contributed by atoms with van der Waals surface area (Å²) in [5, 5.41) is 2.85. The van der Waals surface area contributed by atoms with Gasteiger partial charge in [-0.25, -0.2) is 12.8 Å². The Kier molecular flexibility index (Phi) is 6.93. The summed E-state index contributed by atoms with van der Waals surface area (Å²) in [5.74, 6) is -0.185. The minimum atomic E-state index is -3.27. The Hall–Kier alpha value is -2.94. The molecule has 0 spiro atoms. The van der Waals surface area contributed by atoms with Gasteiger partial charge in [0.1, 0.15) is 11.6 Å². The number of hydrogen-bond acceptors (Lipinski definition) is 5. The van der Waals surface area contributed by atoms with Gasteiger partial charge in [0.05, 0.1) is 35.3 Å². The summed E-state index contributed by atoms with van der Waals surface area (Å²) in [6.07, 6.45) is 0.104. The Balaban J connectivity index is 1.38. The third kappa shape index (κ3) is 5.24. The summed E-state index contributed by atoms with van der Waals surface area (Å²) < 4.78 is 49.2. The van der Waals surface area contributed by atoms with Crippen LogP contribution in [0, 0.1) is 5.82 Å². The second-order valence-electron chi connectivity index (χ2n) is 8.01. The van der Waals surface area contributed by atoms with Crippen LogP contribution in [-0.4, -0.2) is 33.3 Å². The van der Waals surface area contributed by atoms with E-state index in [2.05, 4.69) is 5.32 Å². The average Bonchev–Trinajstić information content (AvgIpc) is 2.79. The van der Waals surface area contributed by atoms with Crippen LogP contribution < -0.4 is 10.1 Å². The molecule has 1 aliphatic heterocycles. The van der Waals surface area contributed by atoms with Gasteiger partial charge >= 0.3 is 0 Å². The van der Waals surface area contributed by atoms with Gasteiger partial charge in [-0.3, -0.25) is 4.79 Å². The van der Waals surface area contributed by atoms with Crippen molar-refractivity contribution in [2.24, 2.45) is 0 Å². The van der Waals surface area contributed by atoms with E-state index in [1.54, 1.807) is 49.4 Å². The fourth-order valence-electron chi connectivity index (χ4n) is 3.56. The fourth-order valence-corrected chi connectivity index (χ4v) is 4.56. The maximum Gasteiger partial charge on any atom is 0.228 e. The number of halogens is 2. The lowest BCUT2D eigenvalue weighted by atomic mass is 9.91. The number of carbonyl (C=O) groups is 1. The van der Waals surface area contributed by atoms with Gasteiger partial charge < -0.3 is 14.8 Å². The average molecular weight is 504 g/mol. The molecule has 178 valence electrons. The summed E-state index contributed by atoms with van der Waals surface area (Å²) in [4.78, 5) is 12.7. The van der Waals surface area contributed by atoms with Gasteiger partial charge in [-0.15, -0.1) is 0 Å². The molecule has 3 aromatic carbocycles. The monoisotopic (exact) mass is 503 g/mol. The molecule has 1 N–H and O–H groups in total. The van der Waals surface area contributed by atoms with Crippen LogP contribution in [0.4, 0.5) is 10.1 Å². The van der Waals surface area contributed by atoms with E-state index in [4.69, 9.17) is 21.1 Å². The standard InChI is InChI=1S/C25H23ClFNO5S/c1-2-34(30,31)21-10-3-17(4-11-21)13-24(29)28-19-6-8-20(9-7-19)33-25(15-32-16-25)18-5-12-22(26)23(27)14-18/h3-12,14H,2,13,15-16H2,1H3,(H,28,29). The van der Waals surface area contributed by atoms with Crippen molar-refractivity contribution in [2.75, 3.05) is 24.3 Å². The number of benzene rings is 3. The van der Waals surface area contributed by atoms with E-state index in [1.807, 2.05) is 0 Å². The molecule has 0 bridgehead atoms. The Morgan fingerprint density at radius 3 is 2.32 bits per heavy atom. The van der Waals surface area contributed by atoms with Crippen LogP contribution in [0.3, 0.4) is 0 Å². The van der Waals surface area contributed by atoms with Gasteiger partial charge in [0, 0.05) is 11.3 Å². The first kappa shape index (κ1) is 24.2. The molecule has 6 nitrogen and oxygen atoms in total. The second kappa shape index (κ2) is 9.74. The lowest BCUT2D eigenvalue weighted by molar-refractivity contribution is -0.168. The van der Waals surface area contributed by atoms with Crippen molar-refractivity contribution >= 4 is 33.0 Å². The molecule has 4 rings (SSSR count). The third-order valence-electron chi connectivity index (χ3n) is 5.59. The SMILES string of the molecule is CCS(=O)(=O)c1ccc(CC(=O)Nc2ccc(OC3(c4ccc(Cl)c(F)c4)COC3)cc2)cc1. The van der Waals surface area contributed by atoms with Gasteiger partial charge in [0.15, 0.2) is 15.4 Å². The van der Waals surface area contributed by atoms with E-state index in [0.717, 1.165) is 0 Å². The Morgan fingerprint density at radius 1 is 1.09 bits per heavy atom. The molecule has 1 saturated heterocycles. The van der Waals surface area contributed by atoms with E-state index in [1.165, 1.54) is 24.3 Å². The van der Waals surface area contributed by atoms with E-state index in [9.17, 15) is 17.6 Å². The molecule has 0 aliphatic carbocycles. The van der Waals surface area contributed by atoms with Crippen molar-refractivity contribution in [2.45, 2.75) is 23.8 Å². The van der Waals surface area contributed by atoms with Crippen molar-refractivity contribution < 1.29 is 27.1 Å². The molecule has 1 aliphatic rings. The third-order valence-corrected chi connectivity index (χ3v) is 7.65. The predicted octanol–water partition coefficient (Wildman–Crippen LogP) is 4.76. The van der Waals surface area contributed by atoms with Gasteiger partial charge in [-0.2, -0.15) is 0 Å². The van der Waals surface area contributed by atoms with Gasteiger partial charge in [0.2, 0.25) is 5.91 Å². The quantitative estimate of drug-likeness (QED) is 0.479. The molecule has 1 fully saturated rings. The highest BCUT2D eigenvalue weighted by molar-refractivity contribution is 7.91. The van der Waals surface area contributed by atoms with Crippen LogP contribution >= 0.6 is 11.6 Å². The Labute approximate surface area is 202 Å². The zero-order chi connectivity index (χ0) is 24.3. The predicted molar refractivity (Wildman–Crippen MR) is 127 cm³/mol. The van der Waals surface area contributed by atoms with Crippen molar-refractivity contribution in [3.05, 3.63) is 88.7 Å². The molecule has 0 saturated carbocycles. The van der Waals surface area contributed by atoms with E-state index in [0.29, 0.717) is 22.6 Å². The zero-order valence-corrected chi connectivity index (χ0v) is 20.0. The number of anilines is 1. The molecule has 0 unspecified atom stereocenters. The number of rotatable bonds is 8. The summed E-state index contributed by atoms with van der Waals surface area (Å²) in [7, 11) is -3.27. The summed E-state index contributed by atoms with van der Waals surface area (Å²) in [6, 6.07) is 17.7. The van der Waals surface area contributed by atoms with Gasteiger partial charge in [-0.05, 0) is 54.1 Å². The van der Waals surface area contributed by atoms with Crippen LogP contribution in [0.2, 0.25) is 5.02 Å². The number of carbonyl (C=O) groups excluding carboxylic acids is 1. The molecule has 1 heterocycles. The number of ether oxygens (including phenoxy) is 2. The molecule has 1 amide bonds. The number of amides is 1. The number of sulfone groups is 1. The lowest BCUT2D eigenvalue weighted by Gasteiger charge is -2.41. The highest BCUT2D eigenvalue weighted by Gasteiger charge is 2.43. The van der Waals surface area contributed by atoms with Crippen molar-refractivity contribution in [3.63, 3.8) is 0 Å². The maximum absolute atomic E-state index is 13.9. The maximum atomic E-state index is 13.9. The van der Waals surface area contributed by atoms with Gasteiger partial charge in [0.25, 0.3) is 0 Å². The molecule has 0 aromatic heterocycles. The normalized spacial score (nSPS) is 14.8. The Bertz CT molecular complexity index is 1290. The lowest BCUT2D eigenvalue weighted by Crippen LogP contribution is -2.51. The van der Waals surface area contributed by atoms with Crippen molar-refractivity contribution in [3.8, 4) is 5.75 Å². The largest absolute Gasteiger partial charge is 0.478 e. The van der Waals surface area contributed by atoms with Crippen molar-refractivity contribution in [1.29, 1.82) is 0 Å². The molecule has 34 heavy (non-hydrogen) atoms. The second-order valence-corrected chi connectivity index (χ2v) is 10.7. The van der Waals surface area contributed by atoms with E-state index >= 15 is 0 Å². The topological polar surface area (TPSA) is 81.7 Å². The number of nitrogens with one attached hydrogen (secondary N) is 1. The molecule has 9 heteroatoms. The fraction of sp³-hybridized carbons (Fsp3) is 0.240. The highest BCUT2D eigenvalue weighted by atomic mass is 35.5. The van der Waals surface area contributed by atoms with Crippen molar-refractivity contribution in [1.82, 2.24) is 0 Å². The molecular formula is C25H23ClFNO5S. The summed E-state index contributed by atoms with van der Waals surface area (Å²) >= 11 is 5.79. The van der Waals surface area contributed by atoms with Crippen LogP contribution in [0.25, 0.3) is 0 Å². The van der Waals surface area contributed by atoms with Crippen LogP contribution in [0.15, 0.2) is 71.6 Å². The zero-order valence-electron chi connectivity index (χ0n) is 18.4. The van der Waals surface area contributed by atoms with Crippen LogP contribution in [-0.2, 0) is 31.4 Å². The molecule has 0 atom stereocenters. The van der Waals surface area contributed by atoms with Crippen LogP contribution in [0.1, 0.15) is 18.1 Å². The Morgan fingerprint density at radius 2 is 1.76 bits per heavy atom. The molecular weight excluding hydrogens is 481 g/mol. The first-order valence-electron chi connectivity index (χ1n) is 10.6. The molecule has 3 aromatic rings. The smallest absolute Gasteiger partial charge is 0.228 e. The summed E-state index contributed by atoms with van der Waals surface area (Å²) in [5.41, 5.74) is 1.12. The first-order chi connectivity index (χ1) is 16.2. The first-order valence-corrected chi connectivity index (χ1v) is 12.7. The van der Waals surface area contributed by atoms with Gasteiger partial charge in [-0.1, -0.05) is 36.7 Å². The highest BCUT2D eigenvalue weighted by Crippen LogP contribution is 2.36. The number of hydrogen-bond donors (Lipinski definition) is 1. The minimum Gasteiger partial charge on any atom is -0.478 e. The molecule has 0 radical (unpaired) electrons. The van der Waals surface area contributed by atoms with E-state index < -0.39 is 21.3 Å². The van der Waals surface area contributed by atoms with E-state index in [-0.39, 0.29) is 41.2 Å². The van der Waals surface area contributed by atoms with Crippen LogP contribution in [0.5, 0.6) is 5.75 Å². The minimum absolute atomic E-state index is 0.0251. The summed E-state index contributed by atoms with van der Waals surface area (Å²) in [6.45, 7) is 2.15.